The summed E-state index contributed by atoms with van der Waals surface area (Å²) in [6.07, 6.45) is 0.740. The molecule has 1 aliphatic heterocycles. The van der Waals surface area contributed by atoms with E-state index in [4.69, 9.17) is 5.73 Å². The van der Waals surface area contributed by atoms with Crippen LogP contribution >= 0.6 is 0 Å². The Labute approximate surface area is 106 Å². The van der Waals surface area contributed by atoms with E-state index >= 15 is 0 Å². The van der Waals surface area contributed by atoms with Crippen LogP contribution in [0.2, 0.25) is 0 Å². The van der Waals surface area contributed by atoms with Gasteiger partial charge < -0.3 is 10.6 Å². The highest BCUT2D eigenvalue weighted by Gasteiger charge is 2.38. The predicted molar refractivity (Wildman–Crippen MR) is 67.6 cm³/mol. The first-order chi connectivity index (χ1) is 8.50. The van der Waals surface area contributed by atoms with Crippen LogP contribution in [0.15, 0.2) is 12.1 Å². The lowest BCUT2D eigenvalue weighted by atomic mass is 10.0. The van der Waals surface area contributed by atoms with E-state index in [0.29, 0.717) is 17.2 Å². The summed E-state index contributed by atoms with van der Waals surface area (Å²) in [5.74, 6) is -0.117. The van der Waals surface area contributed by atoms with E-state index in [0.717, 1.165) is 24.1 Å². The molecule has 1 heterocycles. The van der Waals surface area contributed by atoms with Gasteiger partial charge in [0.25, 0.3) is 5.91 Å². The van der Waals surface area contributed by atoms with E-state index in [2.05, 4.69) is 6.92 Å². The first-order valence-corrected chi connectivity index (χ1v) is 6.27. The van der Waals surface area contributed by atoms with Crippen molar-refractivity contribution in [3.63, 3.8) is 0 Å². The summed E-state index contributed by atoms with van der Waals surface area (Å²) >= 11 is 0. The summed E-state index contributed by atoms with van der Waals surface area (Å²) in [4.78, 5) is 25.6. The van der Waals surface area contributed by atoms with Gasteiger partial charge in [-0.25, -0.2) is 0 Å². The fourth-order valence-corrected chi connectivity index (χ4v) is 2.87. The Hall–Kier alpha value is -1.84. The van der Waals surface area contributed by atoms with Crippen LogP contribution in [0, 0.1) is 0 Å². The van der Waals surface area contributed by atoms with Crippen molar-refractivity contribution < 1.29 is 9.59 Å². The number of carbonyl (C=O) groups is 2. The lowest BCUT2D eigenvalue weighted by Gasteiger charge is -2.08. The minimum absolute atomic E-state index is 0.0284. The monoisotopic (exact) mass is 244 g/mol. The lowest BCUT2D eigenvalue weighted by Crippen LogP contribution is -2.18. The summed E-state index contributed by atoms with van der Waals surface area (Å²) < 4.78 is 0. The highest BCUT2D eigenvalue weighted by molar-refractivity contribution is 6.04. The molecular weight excluding hydrogens is 228 g/mol. The van der Waals surface area contributed by atoms with E-state index in [1.807, 2.05) is 19.1 Å². The third-order valence-corrected chi connectivity index (χ3v) is 3.98. The maximum Gasteiger partial charge on any atom is 0.254 e. The first kappa shape index (κ1) is 11.3. The molecule has 94 valence electrons. The molecule has 1 saturated heterocycles. The fourth-order valence-electron chi connectivity index (χ4n) is 2.87. The van der Waals surface area contributed by atoms with E-state index in [-0.39, 0.29) is 11.8 Å². The van der Waals surface area contributed by atoms with Gasteiger partial charge in [0.2, 0.25) is 5.91 Å². The molecule has 18 heavy (non-hydrogen) atoms. The second-order valence-corrected chi connectivity index (χ2v) is 5.33. The average Bonchev–Trinajstić information content (AvgIpc) is 2.98. The topological polar surface area (TPSA) is 63.2 Å². The maximum absolute atomic E-state index is 12.3. The highest BCUT2D eigenvalue weighted by atomic mass is 16.2. The van der Waals surface area contributed by atoms with E-state index in [1.54, 1.807) is 4.90 Å². The Balaban J connectivity index is 2.08. The Bertz CT molecular complexity index is 565. The summed E-state index contributed by atoms with van der Waals surface area (Å²) in [6.45, 7) is 4.88. The van der Waals surface area contributed by atoms with Crippen molar-refractivity contribution in [1.82, 2.24) is 4.90 Å². The van der Waals surface area contributed by atoms with Crippen LogP contribution in [0.3, 0.4) is 0 Å². The Morgan fingerprint density at radius 2 is 2.00 bits per heavy atom. The number of rotatable bonds is 2. The number of amides is 2. The standard InChI is InChI=1S/C14H16N2O2/c1-7-5-11-10(14(18)16-6-8(16)2)4-3-9(7)12(11)13(15)17/h3-4,7-8H,5-6H2,1-2H3,(H2,15,17). The second kappa shape index (κ2) is 3.57. The van der Waals surface area contributed by atoms with Crippen molar-refractivity contribution in [3.05, 3.63) is 34.4 Å². The summed E-state index contributed by atoms with van der Waals surface area (Å²) in [5, 5.41) is 0. The molecular formula is C14H16N2O2. The van der Waals surface area contributed by atoms with Crippen molar-refractivity contribution in [1.29, 1.82) is 0 Å². The van der Waals surface area contributed by atoms with Crippen LogP contribution in [0.4, 0.5) is 0 Å². The van der Waals surface area contributed by atoms with E-state index < -0.39 is 5.91 Å². The van der Waals surface area contributed by atoms with Crippen molar-refractivity contribution in [3.8, 4) is 0 Å². The van der Waals surface area contributed by atoms with Gasteiger partial charge in [-0.3, -0.25) is 9.59 Å². The molecule has 4 heteroatoms. The fraction of sp³-hybridized carbons (Fsp3) is 0.429. The number of carbonyl (C=O) groups excluding carboxylic acids is 2. The van der Waals surface area contributed by atoms with Crippen LogP contribution in [-0.4, -0.2) is 29.3 Å². The molecule has 0 aromatic heterocycles. The van der Waals surface area contributed by atoms with E-state index in [9.17, 15) is 9.59 Å². The van der Waals surface area contributed by atoms with Gasteiger partial charge in [-0.1, -0.05) is 13.0 Å². The zero-order chi connectivity index (χ0) is 13.0. The number of hydrogen-bond donors (Lipinski definition) is 1. The third-order valence-electron chi connectivity index (χ3n) is 3.98. The lowest BCUT2D eigenvalue weighted by molar-refractivity contribution is 0.0875. The molecule has 0 saturated carbocycles. The summed E-state index contributed by atoms with van der Waals surface area (Å²) in [6, 6.07) is 4.04. The van der Waals surface area contributed by atoms with Gasteiger partial charge in [-0.2, -0.15) is 0 Å². The molecule has 2 amide bonds. The Morgan fingerprint density at radius 1 is 1.33 bits per heavy atom. The molecule has 2 bridgehead atoms. The molecule has 2 atom stereocenters. The molecule has 1 fully saturated rings. The number of primary amides is 1. The summed E-state index contributed by atoms with van der Waals surface area (Å²) in [5.41, 5.74) is 8.49. The minimum Gasteiger partial charge on any atom is -0.366 e. The Morgan fingerprint density at radius 3 is 2.56 bits per heavy atom. The zero-order valence-corrected chi connectivity index (χ0v) is 10.6. The van der Waals surface area contributed by atoms with Gasteiger partial charge >= 0.3 is 0 Å². The predicted octanol–water partition coefficient (Wildman–Crippen LogP) is 1.29. The average molecular weight is 244 g/mol. The van der Waals surface area contributed by atoms with Gasteiger partial charge in [0.15, 0.2) is 0 Å². The smallest absolute Gasteiger partial charge is 0.254 e. The Kier molecular flexibility index (Phi) is 2.24. The van der Waals surface area contributed by atoms with Gasteiger partial charge in [-0.05, 0) is 36.5 Å². The van der Waals surface area contributed by atoms with Crippen LogP contribution in [0.1, 0.15) is 51.6 Å². The van der Waals surface area contributed by atoms with Crippen molar-refractivity contribution in [2.75, 3.05) is 6.54 Å². The molecule has 2 N–H and O–H groups in total. The quantitative estimate of drug-likeness (QED) is 0.797. The maximum atomic E-state index is 12.3. The molecule has 1 aromatic carbocycles. The van der Waals surface area contributed by atoms with Crippen molar-refractivity contribution in [2.24, 2.45) is 5.73 Å². The summed E-state index contributed by atoms with van der Waals surface area (Å²) in [7, 11) is 0. The van der Waals surface area contributed by atoms with E-state index in [1.165, 1.54) is 0 Å². The molecule has 0 spiro atoms. The van der Waals surface area contributed by atoms with Crippen LogP contribution in [-0.2, 0) is 6.42 Å². The van der Waals surface area contributed by atoms with Gasteiger partial charge in [0, 0.05) is 23.7 Å². The minimum atomic E-state index is -0.419. The molecule has 3 rings (SSSR count). The second-order valence-electron chi connectivity index (χ2n) is 5.33. The van der Waals surface area contributed by atoms with Gasteiger partial charge in [-0.15, -0.1) is 0 Å². The van der Waals surface area contributed by atoms with Gasteiger partial charge in [0.05, 0.1) is 0 Å². The third kappa shape index (κ3) is 1.45. The number of benzene rings is 1. The van der Waals surface area contributed by atoms with Crippen LogP contribution in [0.25, 0.3) is 0 Å². The zero-order valence-electron chi connectivity index (χ0n) is 10.6. The molecule has 2 aliphatic rings. The number of fused-ring (bicyclic) bond motifs is 2. The molecule has 1 aliphatic carbocycles. The first-order valence-electron chi connectivity index (χ1n) is 6.27. The number of nitrogens with two attached hydrogens (primary N) is 1. The molecule has 2 unspecified atom stereocenters. The molecule has 0 radical (unpaired) electrons. The number of nitrogens with zero attached hydrogens (tertiary/aromatic N) is 1. The SMILES string of the molecule is CC1Cc2c(C(=O)N3CC3C)ccc1c2C(N)=O. The largest absolute Gasteiger partial charge is 0.366 e. The highest BCUT2D eigenvalue weighted by Crippen LogP contribution is 2.37. The molecule has 4 nitrogen and oxygen atoms in total. The normalized spacial score (nSPS) is 24.2. The van der Waals surface area contributed by atoms with Crippen molar-refractivity contribution >= 4 is 11.8 Å². The van der Waals surface area contributed by atoms with Crippen LogP contribution < -0.4 is 5.73 Å². The molecule has 1 aromatic rings. The van der Waals surface area contributed by atoms with Crippen LogP contribution in [0.5, 0.6) is 0 Å². The van der Waals surface area contributed by atoms with Crippen molar-refractivity contribution in [2.45, 2.75) is 32.2 Å². The number of hydrogen-bond acceptors (Lipinski definition) is 2. The van der Waals surface area contributed by atoms with Gasteiger partial charge in [0.1, 0.15) is 0 Å².